The van der Waals surface area contributed by atoms with Gasteiger partial charge in [-0.15, -0.1) is 0 Å². The molecule has 4 aromatic carbocycles. The highest BCUT2D eigenvalue weighted by molar-refractivity contribution is 7.81. The van der Waals surface area contributed by atoms with Crippen molar-refractivity contribution in [2.75, 3.05) is 0 Å². The SMILES string of the molecule is O=P(c1ccccc1)(c1ccccc1)C1C2C=CC(C2)C1P(c1ccccc1)c1ccccc1. The molecule has 2 bridgehead atoms. The maximum Gasteiger partial charge on any atom is 0.147 e. The van der Waals surface area contributed by atoms with E-state index < -0.39 is 15.1 Å². The lowest BCUT2D eigenvalue weighted by Crippen LogP contribution is -2.39. The largest absolute Gasteiger partial charge is 0.313 e. The van der Waals surface area contributed by atoms with Crippen molar-refractivity contribution in [3.05, 3.63) is 133 Å². The minimum Gasteiger partial charge on any atom is -0.313 e. The number of allylic oxidation sites excluding steroid dienone is 2. The lowest BCUT2D eigenvalue weighted by molar-refractivity contribution is 0.565. The van der Waals surface area contributed by atoms with Crippen LogP contribution in [0.4, 0.5) is 0 Å². The first kappa shape index (κ1) is 21.8. The third-order valence-electron chi connectivity index (χ3n) is 7.44. The smallest absolute Gasteiger partial charge is 0.147 e. The van der Waals surface area contributed by atoms with Gasteiger partial charge in [-0.25, -0.2) is 0 Å². The van der Waals surface area contributed by atoms with Crippen LogP contribution in [0.2, 0.25) is 0 Å². The molecular weight excluding hydrogens is 450 g/mol. The predicted octanol–water partition coefficient (Wildman–Crippen LogP) is 6.08. The third kappa shape index (κ3) is 3.63. The Labute approximate surface area is 203 Å². The summed E-state index contributed by atoms with van der Waals surface area (Å²) >= 11 is 0. The molecule has 4 unspecified atom stereocenters. The van der Waals surface area contributed by atoms with Crippen LogP contribution < -0.4 is 21.2 Å². The van der Waals surface area contributed by atoms with Gasteiger partial charge in [-0.2, -0.15) is 0 Å². The summed E-state index contributed by atoms with van der Waals surface area (Å²) in [6.07, 6.45) is 5.90. The first-order valence-electron chi connectivity index (χ1n) is 12.1. The molecule has 0 aliphatic heterocycles. The van der Waals surface area contributed by atoms with E-state index in [2.05, 4.69) is 97.1 Å². The fourth-order valence-electron chi connectivity index (χ4n) is 6.06. The maximum absolute atomic E-state index is 15.6. The first-order chi connectivity index (χ1) is 16.8. The predicted molar refractivity (Wildman–Crippen MR) is 147 cm³/mol. The van der Waals surface area contributed by atoms with Crippen molar-refractivity contribution in [2.45, 2.75) is 17.7 Å². The highest BCUT2D eigenvalue weighted by atomic mass is 31.2. The van der Waals surface area contributed by atoms with E-state index in [1.165, 1.54) is 10.6 Å². The molecule has 0 radical (unpaired) electrons. The molecule has 0 saturated heterocycles. The second kappa shape index (κ2) is 9.14. The molecule has 34 heavy (non-hydrogen) atoms. The second-order valence-electron chi connectivity index (χ2n) is 9.30. The molecule has 1 nitrogen and oxygen atoms in total. The van der Waals surface area contributed by atoms with Gasteiger partial charge in [0, 0.05) is 21.9 Å². The molecule has 0 N–H and O–H groups in total. The molecule has 2 aliphatic carbocycles. The van der Waals surface area contributed by atoms with Crippen LogP contribution in [-0.2, 0) is 4.57 Å². The molecule has 2 aliphatic rings. The minimum atomic E-state index is -2.90. The van der Waals surface area contributed by atoms with Crippen LogP contribution in [0.3, 0.4) is 0 Å². The molecule has 0 amide bonds. The summed E-state index contributed by atoms with van der Waals surface area (Å²) in [4.78, 5) is 0. The van der Waals surface area contributed by atoms with Gasteiger partial charge in [0.2, 0.25) is 0 Å². The van der Waals surface area contributed by atoms with Gasteiger partial charge in [0.1, 0.15) is 7.14 Å². The Morgan fingerprint density at radius 3 is 1.44 bits per heavy atom. The highest BCUT2D eigenvalue weighted by Gasteiger charge is 2.56. The van der Waals surface area contributed by atoms with E-state index in [4.69, 9.17) is 0 Å². The lowest BCUT2D eigenvalue weighted by atomic mass is 10.1. The van der Waals surface area contributed by atoms with Gasteiger partial charge < -0.3 is 4.57 Å². The van der Waals surface area contributed by atoms with Gasteiger partial charge in [-0.05, 0) is 36.8 Å². The van der Waals surface area contributed by atoms with E-state index in [9.17, 15) is 0 Å². The molecule has 4 atom stereocenters. The van der Waals surface area contributed by atoms with E-state index in [1.54, 1.807) is 0 Å². The van der Waals surface area contributed by atoms with Crippen LogP contribution in [0.25, 0.3) is 0 Å². The average molecular weight is 479 g/mol. The summed E-state index contributed by atoms with van der Waals surface area (Å²) in [5.41, 5.74) is 0.430. The standard InChI is InChI=1S/C31H28OP2/c32-34(28-17-9-3-10-18-28,29-19-11-4-12-20-29)31-25-22-21-24(23-25)30(31)33(26-13-5-1-6-14-26)27-15-7-2-8-16-27/h1-22,24-25,30-31H,23H2. The van der Waals surface area contributed by atoms with Crippen LogP contribution in [0.5, 0.6) is 0 Å². The minimum absolute atomic E-state index is 0.0961. The van der Waals surface area contributed by atoms with Crippen LogP contribution in [-0.4, -0.2) is 11.3 Å². The molecule has 0 spiro atoms. The summed E-state index contributed by atoms with van der Waals surface area (Å²) < 4.78 is 15.6. The van der Waals surface area contributed by atoms with Gasteiger partial charge in [0.25, 0.3) is 0 Å². The average Bonchev–Trinajstić information content (AvgIpc) is 3.53. The van der Waals surface area contributed by atoms with Gasteiger partial charge in [0.05, 0.1) is 0 Å². The van der Waals surface area contributed by atoms with Gasteiger partial charge in [0.15, 0.2) is 0 Å². The van der Waals surface area contributed by atoms with Crippen molar-refractivity contribution in [3.63, 3.8) is 0 Å². The molecular formula is C31H28OP2. The summed E-state index contributed by atoms with van der Waals surface area (Å²) in [5.74, 6) is 0.806. The summed E-state index contributed by atoms with van der Waals surface area (Å²) in [7, 11) is -3.57. The maximum atomic E-state index is 15.6. The van der Waals surface area contributed by atoms with E-state index in [1.807, 2.05) is 36.4 Å². The lowest BCUT2D eigenvalue weighted by Gasteiger charge is -2.40. The summed E-state index contributed by atoms with van der Waals surface area (Å²) in [6.45, 7) is 0. The summed E-state index contributed by atoms with van der Waals surface area (Å²) in [6, 6.07) is 42.5. The Morgan fingerprint density at radius 2 is 0.971 bits per heavy atom. The van der Waals surface area contributed by atoms with Gasteiger partial charge >= 0.3 is 0 Å². The van der Waals surface area contributed by atoms with Crippen LogP contribution >= 0.6 is 15.1 Å². The second-order valence-corrected chi connectivity index (χ2v) is 14.6. The van der Waals surface area contributed by atoms with Crippen molar-refractivity contribution in [2.24, 2.45) is 11.8 Å². The number of fused-ring (bicyclic) bond motifs is 2. The number of hydrogen-bond donors (Lipinski definition) is 0. The Bertz CT molecular complexity index is 1240. The zero-order valence-corrected chi connectivity index (χ0v) is 20.8. The van der Waals surface area contributed by atoms with Crippen LogP contribution in [0.1, 0.15) is 6.42 Å². The van der Waals surface area contributed by atoms with Crippen molar-refractivity contribution in [1.82, 2.24) is 0 Å². The number of rotatable bonds is 6. The van der Waals surface area contributed by atoms with E-state index in [0.717, 1.165) is 17.0 Å². The monoisotopic (exact) mass is 478 g/mol. The van der Waals surface area contributed by atoms with Gasteiger partial charge in [-0.3, -0.25) is 0 Å². The molecule has 3 heteroatoms. The fraction of sp³-hybridized carbons (Fsp3) is 0.161. The zero-order valence-electron chi connectivity index (χ0n) is 19.0. The molecule has 168 valence electrons. The fourth-order valence-corrected chi connectivity index (χ4v) is 13.8. The molecule has 4 aromatic rings. The highest BCUT2D eigenvalue weighted by Crippen LogP contribution is 2.67. The quantitative estimate of drug-likeness (QED) is 0.243. The van der Waals surface area contributed by atoms with Crippen molar-refractivity contribution < 1.29 is 4.57 Å². The van der Waals surface area contributed by atoms with E-state index in [0.29, 0.717) is 17.5 Å². The molecule has 6 rings (SSSR count). The first-order valence-corrected chi connectivity index (χ1v) is 15.2. The van der Waals surface area contributed by atoms with E-state index in [-0.39, 0.29) is 5.66 Å². The Balaban J connectivity index is 1.57. The van der Waals surface area contributed by atoms with Gasteiger partial charge in [-0.1, -0.05) is 133 Å². The zero-order chi connectivity index (χ0) is 23.0. The molecule has 0 aromatic heterocycles. The molecule has 1 saturated carbocycles. The topological polar surface area (TPSA) is 17.1 Å². The van der Waals surface area contributed by atoms with Crippen LogP contribution in [0.15, 0.2) is 133 Å². The summed E-state index contributed by atoms with van der Waals surface area (Å²) in [5, 5.41) is 4.75. The van der Waals surface area contributed by atoms with E-state index >= 15 is 4.57 Å². The Hall–Kier alpha value is -2.72. The normalized spacial score (nSPS) is 23.4. The van der Waals surface area contributed by atoms with Crippen molar-refractivity contribution in [3.8, 4) is 0 Å². The van der Waals surface area contributed by atoms with Crippen LogP contribution in [0, 0.1) is 11.8 Å². The molecule has 0 heterocycles. The van der Waals surface area contributed by atoms with Crippen molar-refractivity contribution >= 4 is 36.3 Å². The molecule has 1 fully saturated rings. The third-order valence-corrected chi connectivity index (χ3v) is 14.4. The van der Waals surface area contributed by atoms with Crippen molar-refractivity contribution in [1.29, 1.82) is 0 Å². The number of hydrogen-bond acceptors (Lipinski definition) is 1. The Morgan fingerprint density at radius 1 is 0.559 bits per heavy atom. The Kier molecular flexibility index (Phi) is 5.86. The number of benzene rings is 4.